The van der Waals surface area contributed by atoms with Gasteiger partial charge in [0.05, 0.1) is 18.9 Å². The second-order valence-corrected chi connectivity index (χ2v) is 5.80. The van der Waals surface area contributed by atoms with Crippen LogP contribution in [0.15, 0.2) is 22.7 Å². The Morgan fingerprint density at radius 1 is 1.32 bits per heavy atom. The van der Waals surface area contributed by atoms with Gasteiger partial charge in [0.1, 0.15) is 5.15 Å². The molecular formula is C14H12BrClN2O. The molecule has 2 heterocycles. The fraction of sp³-hybridized carbons (Fsp3) is 0.286. The van der Waals surface area contributed by atoms with Crippen LogP contribution in [-0.4, -0.2) is 16.6 Å². The summed E-state index contributed by atoms with van der Waals surface area (Å²) in [5.74, 6) is 0.690. The lowest BCUT2D eigenvalue weighted by atomic mass is 10.1. The molecule has 0 N–H and O–H groups in total. The van der Waals surface area contributed by atoms with Crippen molar-refractivity contribution in [3.05, 3.63) is 44.6 Å². The topological polar surface area (TPSA) is 35.0 Å². The second kappa shape index (κ2) is 5.19. The molecule has 98 valence electrons. The van der Waals surface area contributed by atoms with Gasteiger partial charge in [0.25, 0.3) is 0 Å². The number of rotatable bonds is 1. The van der Waals surface area contributed by atoms with E-state index in [1.165, 1.54) is 0 Å². The molecule has 1 aromatic heterocycles. The van der Waals surface area contributed by atoms with Gasteiger partial charge in [-0.25, -0.2) is 9.97 Å². The fourth-order valence-electron chi connectivity index (χ4n) is 2.19. The molecule has 1 aromatic carbocycles. The van der Waals surface area contributed by atoms with E-state index in [0.29, 0.717) is 24.2 Å². The zero-order chi connectivity index (χ0) is 13.4. The van der Waals surface area contributed by atoms with E-state index in [4.69, 9.17) is 16.3 Å². The first-order chi connectivity index (χ1) is 9.15. The van der Waals surface area contributed by atoms with Crippen LogP contribution in [-0.2, 0) is 17.8 Å². The third-order valence-electron chi connectivity index (χ3n) is 3.20. The summed E-state index contributed by atoms with van der Waals surface area (Å²) in [5.41, 5.74) is 4.06. The summed E-state index contributed by atoms with van der Waals surface area (Å²) >= 11 is 9.70. The summed E-state index contributed by atoms with van der Waals surface area (Å²) in [5, 5.41) is 0.502. The highest BCUT2D eigenvalue weighted by molar-refractivity contribution is 9.10. The Labute approximate surface area is 125 Å². The van der Waals surface area contributed by atoms with Gasteiger partial charge in [-0.05, 0) is 30.7 Å². The minimum atomic E-state index is 0.502. The number of aryl methyl sites for hydroxylation is 1. The monoisotopic (exact) mass is 338 g/mol. The molecule has 0 unspecified atom stereocenters. The van der Waals surface area contributed by atoms with E-state index in [-0.39, 0.29) is 0 Å². The molecule has 1 aliphatic rings. The molecule has 3 rings (SSSR count). The Hall–Kier alpha value is -0.970. The van der Waals surface area contributed by atoms with Gasteiger partial charge >= 0.3 is 0 Å². The summed E-state index contributed by atoms with van der Waals surface area (Å²) < 4.78 is 6.44. The highest BCUT2D eigenvalue weighted by atomic mass is 79.9. The molecule has 3 nitrogen and oxygen atoms in total. The van der Waals surface area contributed by atoms with Crippen LogP contribution in [0.1, 0.15) is 16.8 Å². The second-order valence-electron chi connectivity index (χ2n) is 4.53. The molecule has 0 spiro atoms. The molecule has 19 heavy (non-hydrogen) atoms. The van der Waals surface area contributed by atoms with Crippen molar-refractivity contribution < 1.29 is 4.74 Å². The van der Waals surface area contributed by atoms with Crippen LogP contribution >= 0.6 is 27.5 Å². The molecule has 0 saturated carbocycles. The zero-order valence-electron chi connectivity index (χ0n) is 10.4. The van der Waals surface area contributed by atoms with Crippen LogP contribution in [0, 0.1) is 6.92 Å². The van der Waals surface area contributed by atoms with E-state index >= 15 is 0 Å². The Bertz CT molecular complexity index is 646. The number of aromatic nitrogens is 2. The molecule has 0 bridgehead atoms. The van der Waals surface area contributed by atoms with E-state index in [1.807, 2.05) is 19.1 Å². The highest BCUT2D eigenvalue weighted by Crippen LogP contribution is 2.28. The van der Waals surface area contributed by atoms with Crippen molar-refractivity contribution in [1.82, 2.24) is 9.97 Å². The van der Waals surface area contributed by atoms with Gasteiger partial charge in [-0.3, -0.25) is 0 Å². The fourth-order valence-corrected chi connectivity index (χ4v) is 2.91. The zero-order valence-corrected chi connectivity index (χ0v) is 12.8. The molecular weight excluding hydrogens is 328 g/mol. The standard InChI is InChI=1S/C14H12BrClN2O/c1-8-6-9(15)2-3-10(8)14-17-12-4-5-19-7-11(12)13(16)18-14/h2-3,6H,4-5,7H2,1H3. The number of ether oxygens (including phenoxy) is 1. The van der Waals surface area contributed by atoms with Crippen molar-refractivity contribution in [3.63, 3.8) is 0 Å². The predicted molar refractivity (Wildman–Crippen MR) is 78.3 cm³/mol. The predicted octanol–water partition coefficient (Wildman–Crippen LogP) is 3.94. The minimum Gasteiger partial charge on any atom is -0.376 e. The van der Waals surface area contributed by atoms with Crippen LogP contribution in [0.25, 0.3) is 11.4 Å². The lowest BCUT2D eigenvalue weighted by Gasteiger charge is -2.17. The quantitative estimate of drug-likeness (QED) is 0.738. The molecule has 0 atom stereocenters. The first-order valence-corrected chi connectivity index (χ1v) is 7.22. The van der Waals surface area contributed by atoms with Gasteiger partial charge in [-0.15, -0.1) is 0 Å². The molecule has 2 aromatic rings. The summed E-state index contributed by atoms with van der Waals surface area (Å²) in [6.07, 6.45) is 0.792. The van der Waals surface area contributed by atoms with Gasteiger partial charge < -0.3 is 4.74 Å². The van der Waals surface area contributed by atoms with Crippen molar-refractivity contribution in [2.24, 2.45) is 0 Å². The van der Waals surface area contributed by atoms with Crippen LogP contribution in [0.2, 0.25) is 5.15 Å². The van der Waals surface area contributed by atoms with E-state index in [9.17, 15) is 0 Å². The average Bonchev–Trinajstić information content (AvgIpc) is 2.38. The number of hydrogen-bond acceptors (Lipinski definition) is 3. The highest BCUT2D eigenvalue weighted by Gasteiger charge is 2.18. The molecule has 0 fully saturated rings. The van der Waals surface area contributed by atoms with E-state index in [1.54, 1.807) is 0 Å². The molecule has 0 saturated heterocycles. The molecule has 0 aliphatic carbocycles. The van der Waals surface area contributed by atoms with Crippen LogP contribution in [0.4, 0.5) is 0 Å². The summed E-state index contributed by atoms with van der Waals surface area (Å²) in [7, 11) is 0. The van der Waals surface area contributed by atoms with Crippen molar-refractivity contribution in [3.8, 4) is 11.4 Å². The lowest BCUT2D eigenvalue weighted by molar-refractivity contribution is 0.109. The number of halogens is 2. The first-order valence-electron chi connectivity index (χ1n) is 6.04. The van der Waals surface area contributed by atoms with Gasteiger partial charge in [-0.1, -0.05) is 27.5 Å². The van der Waals surface area contributed by atoms with Gasteiger partial charge in [0.15, 0.2) is 5.82 Å². The summed E-state index contributed by atoms with van der Waals surface area (Å²) in [6, 6.07) is 6.05. The maximum atomic E-state index is 6.24. The third kappa shape index (κ3) is 2.53. The molecule has 0 amide bonds. The SMILES string of the molecule is Cc1cc(Br)ccc1-c1nc(Cl)c2c(n1)CCOC2. The molecule has 5 heteroatoms. The van der Waals surface area contributed by atoms with Gasteiger partial charge in [-0.2, -0.15) is 0 Å². The van der Waals surface area contributed by atoms with Crippen molar-refractivity contribution in [2.45, 2.75) is 20.0 Å². The Morgan fingerprint density at radius 3 is 2.95 bits per heavy atom. The number of fused-ring (bicyclic) bond motifs is 1. The lowest BCUT2D eigenvalue weighted by Crippen LogP contribution is -2.14. The third-order valence-corrected chi connectivity index (χ3v) is 4.01. The maximum Gasteiger partial charge on any atom is 0.161 e. The van der Waals surface area contributed by atoms with E-state index < -0.39 is 0 Å². The van der Waals surface area contributed by atoms with Crippen molar-refractivity contribution >= 4 is 27.5 Å². The Kier molecular flexibility index (Phi) is 3.56. The maximum absolute atomic E-state index is 6.24. The van der Waals surface area contributed by atoms with Crippen LogP contribution in [0.3, 0.4) is 0 Å². The van der Waals surface area contributed by atoms with Crippen molar-refractivity contribution in [2.75, 3.05) is 6.61 Å². The minimum absolute atomic E-state index is 0.502. The summed E-state index contributed by atoms with van der Waals surface area (Å²) in [6.45, 7) is 3.24. The Balaban J connectivity index is 2.13. The number of nitrogens with zero attached hydrogens (tertiary/aromatic N) is 2. The first kappa shape index (κ1) is 13.0. The molecule has 0 radical (unpaired) electrons. The Morgan fingerprint density at radius 2 is 2.16 bits per heavy atom. The smallest absolute Gasteiger partial charge is 0.161 e. The van der Waals surface area contributed by atoms with Crippen molar-refractivity contribution in [1.29, 1.82) is 0 Å². The van der Waals surface area contributed by atoms with Crippen LogP contribution in [0.5, 0.6) is 0 Å². The number of benzene rings is 1. The number of hydrogen-bond donors (Lipinski definition) is 0. The normalized spacial score (nSPS) is 14.3. The van der Waals surface area contributed by atoms with E-state index in [2.05, 4.69) is 32.0 Å². The largest absolute Gasteiger partial charge is 0.376 e. The van der Waals surface area contributed by atoms with Gasteiger partial charge in [0.2, 0.25) is 0 Å². The van der Waals surface area contributed by atoms with Gasteiger partial charge in [0, 0.05) is 22.0 Å². The summed E-state index contributed by atoms with van der Waals surface area (Å²) in [4.78, 5) is 9.05. The van der Waals surface area contributed by atoms with Crippen LogP contribution < -0.4 is 0 Å². The van der Waals surface area contributed by atoms with E-state index in [0.717, 1.165) is 33.3 Å². The molecule has 1 aliphatic heterocycles. The average molecular weight is 340 g/mol.